The van der Waals surface area contributed by atoms with Crippen molar-refractivity contribution >= 4 is 80.0 Å². The SMILES string of the molecule is CCC(=O)N1CCn2c(C3CC3)nc(I)c2C1.[C-]#[N+]c1cc2c(-c3nc(C4CC4)n4c3CN(C(=O)CC)CC4)cccc2nc1-c1cnn(C)c1.[C-]#[N+]c1cc2c(B3OC(C)(C)C(C)(C)O3)cccc2cc1-c1cnn(C)c1. The smallest absolute Gasteiger partial charge is 0.399 e. The fourth-order valence-electron chi connectivity index (χ4n) is 10.8. The molecule has 5 aliphatic rings. The molecular weight excluding hydrogens is 1090 g/mol. The summed E-state index contributed by atoms with van der Waals surface area (Å²) in [6.07, 6.45) is 13.3. The van der Waals surface area contributed by atoms with Gasteiger partial charge >= 0.3 is 7.12 Å². The Balaban J connectivity index is 0.000000131. The van der Waals surface area contributed by atoms with Crippen LogP contribution in [-0.4, -0.2) is 96.7 Å². The summed E-state index contributed by atoms with van der Waals surface area (Å²) in [5.74, 6) is 4.00. The third kappa shape index (κ3) is 10.0. The first-order chi connectivity index (χ1) is 37.5. The number of carbonyl (C=O) groups excluding carboxylic acids is 2. The molecule has 2 saturated carbocycles. The van der Waals surface area contributed by atoms with Gasteiger partial charge in [-0.05, 0) is 121 Å². The first-order valence-corrected chi connectivity index (χ1v) is 28.1. The van der Waals surface area contributed by atoms with Gasteiger partial charge in [-0.3, -0.25) is 23.9 Å². The maximum atomic E-state index is 12.5. The number of amides is 2. The van der Waals surface area contributed by atoms with Gasteiger partial charge in [0.15, 0.2) is 5.69 Å². The molecule has 0 bridgehead atoms. The summed E-state index contributed by atoms with van der Waals surface area (Å²) in [7, 11) is 3.27. The van der Waals surface area contributed by atoms with Crippen LogP contribution in [0.2, 0.25) is 0 Å². The molecule has 398 valence electrons. The average molecular weight is 1160 g/mol. The Morgan fingerprint density at radius 3 is 1.82 bits per heavy atom. The zero-order valence-corrected chi connectivity index (χ0v) is 47.7. The van der Waals surface area contributed by atoms with Gasteiger partial charge in [0.2, 0.25) is 17.5 Å². The van der Waals surface area contributed by atoms with Gasteiger partial charge in [0.1, 0.15) is 15.3 Å². The van der Waals surface area contributed by atoms with Crippen LogP contribution in [-0.2, 0) is 59.2 Å². The number of pyridine rings is 1. The summed E-state index contributed by atoms with van der Waals surface area (Å²) in [4.78, 5) is 50.4. The zero-order chi connectivity index (χ0) is 54.8. The van der Waals surface area contributed by atoms with Crippen molar-refractivity contribution < 1.29 is 18.9 Å². The van der Waals surface area contributed by atoms with E-state index in [-0.39, 0.29) is 11.8 Å². The first kappa shape index (κ1) is 52.8. The second kappa shape index (κ2) is 20.9. The number of imidazole rings is 2. The van der Waals surface area contributed by atoms with E-state index in [1.807, 2.05) is 114 Å². The predicted octanol–water partition coefficient (Wildman–Crippen LogP) is 10.9. The lowest BCUT2D eigenvalue weighted by Gasteiger charge is -2.32. The topological polar surface area (TPSA) is 152 Å². The van der Waals surface area contributed by atoms with Crippen molar-refractivity contribution in [2.75, 3.05) is 13.1 Å². The molecule has 17 nitrogen and oxygen atoms in total. The highest BCUT2D eigenvalue weighted by atomic mass is 127. The van der Waals surface area contributed by atoms with E-state index < -0.39 is 18.3 Å². The molecule has 2 amide bonds. The summed E-state index contributed by atoms with van der Waals surface area (Å²) < 4.78 is 21.7. The Hall–Kier alpha value is -7.20. The van der Waals surface area contributed by atoms with Crippen LogP contribution in [0.5, 0.6) is 0 Å². The molecule has 8 aromatic rings. The molecule has 0 unspecified atom stereocenters. The maximum Gasteiger partial charge on any atom is 0.495 e. The number of halogens is 1. The number of rotatable bonds is 8. The van der Waals surface area contributed by atoms with Crippen molar-refractivity contribution in [1.82, 2.24) is 53.4 Å². The highest BCUT2D eigenvalue weighted by Crippen LogP contribution is 2.45. The van der Waals surface area contributed by atoms with Crippen LogP contribution in [0, 0.1) is 16.8 Å². The number of hydrogen-bond donors (Lipinski definition) is 0. The normalized spacial score (nSPS) is 17.1. The third-order valence-electron chi connectivity index (χ3n) is 16.1. The van der Waals surface area contributed by atoms with E-state index in [4.69, 9.17) is 32.4 Å². The molecule has 2 aliphatic carbocycles. The molecule has 8 heterocycles. The van der Waals surface area contributed by atoms with E-state index in [0.29, 0.717) is 48.3 Å². The maximum absolute atomic E-state index is 12.5. The van der Waals surface area contributed by atoms with E-state index in [9.17, 15) is 9.59 Å². The van der Waals surface area contributed by atoms with Crippen LogP contribution < -0.4 is 5.46 Å². The monoisotopic (exact) mass is 1160 g/mol. The van der Waals surface area contributed by atoms with E-state index in [0.717, 1.165) is 103 Å². The number of aromatic nitrogens is 9. The van der Waals surface area contributed by atoms with Gasteiger partial charge in [-0.1, -0.05) is 50.2 Å². The van der Waals surface area contributed by atoms with Gasteiger partial charge in [-0.15, -0.1) is 0 Å². The molecule has 3 aromatic carbocycles. The van der Waals surface area contributed by atoms with Gasteiger partial charge in [0.05, 0.1) is 78.1 Å². The molecule has 0 N–H and O–H groups in total. The van der Waals surface area contributed by atoms with Crippen LogP contribution in [0.15, 0.2) is 79.4 Å². The number of aryl methyl sites for hydroxylation is 2. The Morgan fingerprint density at radius 1 is 0.679 bits per heavy atom. The highest BCUT2D eigenvalue weighted by Gasteiger charge is 2.52. The lowest BCUT2D eigenvalue weighted by Crippen LogP contribution is -2.41. The second-order valence-corrected chi connectivity index (χ2v) is 23.0. The van der Waals surface area contributed by atoms with E-state index in [1.54, 1.807) is 21.8 Å². The van der Waals surface area contributed by atoms with Gasteiger partial charge in [0.25, 0.3) is 0 Å². The molecule has 0 radical (unpaired) electrons. The second-order valence-electron chi connectivity index (χ2n) is 21.9. The van der Waals surface area contributed by atoms with Gasteiger partial charge in [-0.25, -0.2) is 19.7 Å². The van der Waals surface area contributed by atoms with E-state index in [1.165, 1.54) is 37.2 Å². The number of carbonyl (C=O) groups is 2. The minimum absolute atomic E-state index is 0.169. The Kier molecular flexibility index (Phi) is 14.1. The van der Waals surface area contributed by atoms with Crippen molar-refractivity contribution in [1.29, 1.82) is 0 Å². The summed E-state index contributed by atoms with van der Waals surface area (Å²) in [6, 6.07) is 18.0. The molecule has 1 saturated heterocycles. The number of nitrogens with zero attached hydrogens (tertiary/aromatic N) is 13. The van der Waals surface area contributed by atoms with Gasteiger partial charge in [0, 0.05) is 94.0 Å². The fraction of sp³-hybridized carbons (Fsp3) is 0.407. The molecule has 3 fully saturated rings. The Labute approximate surface area is 468 Å². The van der Waals surface area contributed by atoms with Crippen LogP contribution in [0.3, 0.4) is 0 Å². The quantitative estimate of drug-likeness (QED) is 0.0822. The minimum Gasteiger partial charge on any atom is -0.399 e. The Bertz CT molecular complexity index is 3740. The molecule has 0 atom stereocenters. The molecule has 0 spiro atoms. The van der Waals surface area contributed by atoms with Crippen molar-refractivity contribution in [2.24, 2.45) is 14.1 Å². The summed E-state index contributed by atoms with van der Waals surface area (Å²) in [5, 5.41) is 11.4. The van der Waals surface area contributed by atoms with Crippen LogP contribution in [0.25, 0.3) is 65.0 Å². The summed E-state index contributed by atoms with van der Waals surface area (Å²) in [5.41, 5.74) is 9.53. The van der Waals surface area contributed by atoms with Crippen molar-refractivity contribution in [3.63, 3.8) is 0 Å². The largest absolute Gasteiger partial charge is 0.495 e. The molecule has 19 heteroatoms. The minimum atomic E-state index is -0.457. The molecule has 78 heavy (non-hydrogen) atoms. The van der Waals surface area contributed by atoms with Crippen LogP contribution in [0.1, 0.15) is 115 Å². The molecule has 5 aromatic heterocycles. The number of fused-ring (bicyclic) bond motifs is 4. The lowest BCUT2D eigenvalue weighted by molar-refractivity contribution is -0.133. The number of hydrogen-bond acceptors (Lipinski definition) is 9. The molecule has 3 aliphatic heterocycles. The average Bonchev–Trinajstić information content (AvgIpc) is 4.45. The van der Waals surface area contributed by atoms with Crippen molar-refractivity contribution in [3.8, 4) is 33.6 Å². The first-order valence-electron chi connectivity index (χ1n) is 27.0. The standard InChI is InChI=1S/C26H25N7O.C21H22BN3O2.C12H16IN3O/c1-4-23(34)32-10-11-33-22(15-32)25(30-26(33)16-8-9-16)18-6-5-7-20-19(18)12-21(27-2)24(29-20)17-13-28-31(3)14-17;1-20(2)21(3,4)27-22(26-20)18-9-7-8-14-10-17(15-12-24-25(6)13-15)19(23-5)11-16(14)18;1-2-10(17)15-5-6-16-9(7-15)11(13)14-12(16)8-3-4-8/h5-7,12-14,16H,4,8-11,15H2,1,3H3;7-13H,1-4,6H3;8H,2-7H2,1H3. The van der Waals surface area contributed by atoms with Crippen LogP contribution in [0.4, 0.5) is 11.4 Å². The van der Waals surface area contributed by atoms with Crippen molar-refractivity contribution in [3.05, 3.63) is 129 Å². The van der Waals surface area contributed by atoms with Crippen LogP contribution >= 0.6 is 22.6 Å². The van der Waals surface area contributed by atoms with Gasteiger partial charge < -0.3 is 28.2 Å². The Morgan fingerprint density at radius 2 is 1.24 bits per heavy atom. The molecule has 13 rings (SSSR count). The van der Waals surface area contributed by atoms with Crippen molar-refractivity contribution in [2.45, 2.75) is 129 Å². The van der Waals surface area contributed by atoms with E-state index >= 15 is 0 Å². The fourth-order valence-corrected chi connectivity index (χ4v) is 11.5. The third-order valence-corrected chi connectivity index (χ3v) is 16.9. The van der Waals surface area contributed by atoms with Gasteiger partial charge in [-0.2, -0.15) is 10.2 Å². The zero-order valence-electron chi connectivity index (χ0n) is 45.5. The lowest BCUT2D eigenvalue weighted by atomic mass is 9.75. The predicted molar refractivity (Wildman–Crippen MR) is 310 cm³/mol. The summed E-state index contributed by atoms with van der Waals surface area (Å²) in [6.45, 7) is 32.0. The summed E-state index contributed by atoms with van der Waals surface area (Å²) >= 11 is 2.30. The molecular formula is C59H63BIN13O4. The number of benzene rings is 3. The van der Waals surface area contributed by atoms with E-state index in [2.05, 4.69) is 74.8 Å². The highest BCUT2D eigenvalue weighted by molar-refractivity contribution is 14.1.